The molecule has 3 nitrogen and oxygen atoms in total. The first-order chi connectivity index (χ1) is 10.2. The largest absolute Gasteiger partial charge is 0.493 e. The van der Waals surface area contributed by atoms with E-state index in [1.54, 1.807) is 14.2 Å². The van der Waals surface area contributed by atoms with Crippen LogP contribution in [0.1, 0.15) is 44.2 Å². The molecule has 126 valence electrons. The van der Waals surface area contributed by atoms with Gasteiger partial charge in [-0.3, -0.25) is 0 Å². The summed E-state index contributed by atoms with van der Waals surface area (Å²) < 4.78 is 11.0. The lowest BCUT2D eigenvalue weighted by atomic mass is 9.86. The van der Waals surface area contributed by atoms with E-state index in [0.29, 0.717) is 6.04 Å². The molecule has 0 N–H and O–H groups in total. The van der Waals surface area contributed by atoms with Crippen LogP contribution in [0, 0.1) is 0 Å². The normalized spacial score (nSPS) is 16.9. The molecule has 1 aromatic rings. The Kier molecular flexibility index (Phi) is 8.05. The van der Waals surface area contributed by atoms with Gasteiger partial charge in [-0.15, -0.1) is 12.4 Å². The molecular weight excluding hydrogens is 298 g/mol. The minimum Gasteiger partial charge on any atom is -0.493 e. The van der Waals surface area contributed by atoms with Crippen LogP contribution >= 0.6 is 12.4 Å². The summed E-state index contributed by atoms with van der Waals surface area (Å²) in [6, 6.07) is 4.94. The number of halogens is 1. The third kappa shape index (κ3) is 4.08. The van der Waals surface area contributed by atoms with Crippen molar-refractivity contribution in [2.75, 3.05) is 27.3 Å². The van der Waals surface area contributed by atoms with E-state index in [1.165, 1.54) is 43.5 Å². The number of fused-ring (bicyclic) bond motifs is 1. The second kappa shape index (κ2) is 9.26. The Labute approximate surface area is 141 Å². The highest BCUT2D eigenvalue weighted by Crippen LogP contribution is 2.38. The molecule has 0 spiro atoms. The zero-order valence-corrected chi connectivity index (χ0v) is 15.2. The molecule has 0 fully saturated rings. The van der Waals surface area contributed by atoms with Gasteiger partial charge in [0.05, 0.1) is 14.2 Å². The predicted octanol–water partition coefficient (Wildman–Crippen LogP) is 4.10. The monoisotopic (exact) mass is 327 g/mol. The van der Waals surface area contributed by atoms with Gasteiger partial charge in [0.2, 0.25) is 0 Å². The van der Waals surface area contributed by atoms with Crippen LogP contribution in [-0.4, -0.2) is 38.3 Å². The Bertz CT molecular complexity index is 459. The smallest absolute Gasteiger partial charge is 0.164 e. The number of benzene rings is 1. The zero-order chi connectivity index (χ0) is 15.2. The first-order valence-corrected chi connectivity index (χ1v) is 8.21. The van der Waals surface area contributed by atoms with E-state index < -0.39 is 0 Å². The molecule has 0 amide bonds. The van der Waals surface area contributed by atoms with Gasteiger partial charge < -0.3 is 14.4 Å². The quantitative estimate of drug-likeness (QED) is 0.752. The second-order valence-electron chi connectivity index (χ2n) is 5.87. The fourth-order valence-corrected chi connectivity index (χ4v) is 3.53. The standard InChI is InChI=1S/C18H29NO2.ClH/c1-5-11-19(12-6-2)15-8-9-16-14(13-15)7-10-17(20-3)18(16)21-4;/h7,10,15H,5-6,8-9,11-13H2,1-4H3;1H. The molecule has 1 aliphatic carbocycles. The Morgan fingerprint density at radius 1 is 1.09 bits per heavy atom. The van der Waals surface area contributed by atoms with Crippen molar-refractivity contribution < 1.29 is 9.47 Å². The minimum atomic E-state index is 0. The van der Waals surface area contributed by atoms with Crippen molar-refractivity contribution in [2.45, 2.75) is 52.0 Å². The van der Waals surface area contributed by atoms with Gasteiger partial charge in [-0.25, -0.2) is 0 Å². The average Bonchev–Trinajstić information content (AvgIpc) is 2.52. The van der Waals surface area contributed by atoms with Crippen LogP contribution in [0.5, 0.6) is 11.5 Å². The van der Waals surface area contributed by atoms with Crippen LogP contribution in [0.2, 0.25) is 0 Å². The summed E-state index contributed by atoms with van der Waals surface area (Å²) in [6.45, 7) is 6.96. The van der Waals surface area contributed by atoms with Crippen LogP contribution in [0.3, 0.4) is 0 Å². The van der Waals surface area contributed by atoms with Crippen LogP contribution in [0.25, 0.3) is 0 Å². The van der Waals surface area contributed by atoms with Crippen molar-refractivity contribution in [2.24, 2.45) is 0 Å². The van der Waals surface area contributed by atoms with E-state index in [2.05, 4.69) is 24.8 Å². The van der Waals surface area contributed by atoms with Gasteiger partial charge in [0.25, 0.3) is 0 Å². The van der Waals surface area contributed by atoms with Crippen LogP contribution in [0.4, 0.5) is 0 Å². The predicted molar refractivity (Wildman–Crippen MR) is 94.8 cm³/mol. The van der Waals surface area contributed by atoms with Crippen molar-refractivity contribution >= 4 is 12.4 Å². The summed E-state index contributed by atoms with van der Waals surface area (Å²) in [5.74, 6) is 1.79. The fraction of sp³-hybridized carbons (Fsp3) is 0.667. The number of nitrogens with zero attached hydrogens (tertiary/aromatic N) is 1. The summed E-state index contributed by atoms with van der Waals surface area (Å²) in [7, 11) is 3.45. The first-order valence-electron chi connectivity index (χ1n) is 8.21. The number of hydrogen-bond donors (Lipinski definition) is 0. The van der Waals surface area contributed by atoms with Crippen molar-refractivity contribution in [3.05, 3.63) is 23.3 Å². The molecule has 0 aromatic heterocycles. The molecule has 0 bridgehead atoms. The molecule has 1 aromatic carbocycles. The van der Waals surface area contributed by atoms with Crippen molar-refractivity contribution in [3.63, 3.8) is 0 Å². The highest BCUT2D eigenvalue weighted by molar-refractivity contribution is 5.85. The topological polar surface area (TPSA) is 21.7 Å². The van der Waals surface area contributed by atoms with Gasteiger partial charge in [-0.05, 0) is 56.8 Å². The van der Waals surface area contributed by atoms with E-state index in [0.717, 1.165) is 24.3 Å². The highest BCUT2D eigenvalue weighted by Gasteiger charge is 2.26. The maximum absolute atomic E-state index is 5.59. The number of methoxy groups -OCH3 is 2. The summed E-state index contributed by atoms with van der Waals surface area (Å²) >= 11 is 0. The SMILES string of the molecule is CCCN(CCC)C1CCc2c(ccc(OC)c2OC)C1.Cl. The molecule has 0 saturated carbocycles. The van der Waals surface area contributed by atoms with Gasteiger partial charge in [0, 0.05) is 11.6 Å². The summed E-state index contributed by atoms with van der Waals surface area (Å²) in [6.07, 6.45) is 5.90. The number of rotatable bonds is 7. The van der Waals surface area contributed by atoms with Crippen molar-refractivity contribution in [1.82, 2.24) is 4.90 Å². The van der Waals surface area contributed by atoms with E-state index in [-0.39, 0.29) is 12.4 Å². The molecule has 22 heavy (non-hydrogen) atoms. The van der Waals surface area contributed by atoms with E-state index in [1.807, 2.05) is 6.07 Å². The number of ether oxygens (including phenoxy) is 2. The first kappa shape index (κ1) is 19.1. The molecule has 0 aliphatic heterocycles. The van der Waals surface area contributed by atoms with Crippen molar-refractivity contribution in [1.29, 1.82) is 0 Å². The lowest BCUT2D eigenvalue weighted by Crippen LogP contribution is -2.40. The van der Waals surface area contributed by atoms with E-state index in [4.69, 9.17) is 9.47 Å². The Hall–Kier alpha value is -0.930. The molecule has 0 radical (unpaired) electrons. The maximum atomic E-state index is 5.59. The molecule has 1 unspecified atom stereocenters. The summed E-state index contributed by atoms with van der Waals surface area (Å²) in [5.41, 5.74) is 2.78. The maximum Gasteiger partial charge on any atom is 0.164 e. The Morgan fingerprint density at radius 2 is 1.77 bits per heavy atom. The summed E-state index contributed by atoms with van der Waals surface area (Å²) in [4.78, 5) is 2.67. The number of hydrogen-bond acceptors (Lipinski definition) is 3. The molecule has 0 heterocycles. The van der Waals surface area contributed by atoms with Gasteiger partial charge in [-0.2, -0.15) is 0 Å². The zero-order valence-electron chi connectivity index (χ0n) is 14.4. The Balaban J connectivity index is 0.00000242. The summed E-state index contributed by atoms with van der Waals surface area (Å²) in [5, 5.41) is 0. The van der Waals surface area contributed by atoms with Crippen molar-refractivity contribution in [3.8, 4) is 11.5 Å². The molecule has 0 saturated heterocycles. The minimum absolute atomic E-state index is 0. The van der Waals surface area contributed by atoms with Crippen LogP contribution < -0.4 is 9.47 Å². The average molecular weight is 328 g/mol. The third-order valence-electron chi connectivity index (χ3n) is 4.47. The molecule has 2 rings (SSSR count). The van der Waals surface area contributed by atoms with Crippen LogP contribution in [0.15, 0.2) is 12.1 Å². The van der Waals surface area contributed by atoms with Crippen LogP contribution in [-0.2, 0) is 12.8 Å². The highest BCUT2D eigenvalue weighted by atomic mass is 35.5. The lowest BCUT2D eigenvalue weighted by Gasteiger charge is -2.35. The van der Waals surface area contributed by atoms with Gasteiger partial charge in [0.15, 0.2) is 11.5 Å². The molecule has 1 aliphatic rings. The van der Waals surface area contributed by atoms with E-state index >= 15 is 0 Å². The second-order valence-corrected chi connectivity index (χ2v) is 5.87. The third-order valence-corrected chi connectivity index (χ3v) is 4.47. The molecular formula is C18H30ClNO2. The van der Waals surface area contributed by atoms with Gasteiger partial charge in [-0.1, -0.05) is 19.9 Å². The van der Waals surface area contributed by atoms with Gasteiger partial charge >= 0.3 is 0 Å². The van der Waals surface area contributed by atoms with E-state index in [9.17, 15) is 0 Å². The molecule has 1 atom stereocenters. The Morgan fingerprint density at radius 3 is 2.32 bits per heavy atom. The van der Waals surface area contributed by atoms with Gasteiger partial charge in [0.1, 0.15) is 0 Å². The lowest BCUT2D eigenvalue weighted by molar-refractivity contribution is 0.179. The molecule has 4 heteroatoms. The fourth-order valence-electron chi connectivity index (χ4n) is 3.53.